The van der Waals surface area contributed by atoms with Gasteiger partial charge in [-0.2, -0.15) is 0 Å². The maximum Gasteiger partial charge on any atom is 0.226 e. The second-order valence-electron chi connectivity index (χ2n) is 6.35. The van der Waals surface area contributed by atoms with Crippen LogP contribution in [0, 0.1) is 0 Å². The molecule has 0 aliphatic heterocycles. The third-order valence-corrected chi connectivity index (χ3v) is 7.09. The molecule has 0 aliphatic carbocycles. The zero-order valence-electron chi connectivity index (χ0n) is 13.5. The Morgan fingerprint density at radius 2 is 1.86 bits per heavy atom. The summed E-state index contributed by atoms with van der Waals surface area (Å²) in [5, 5.41) is 0.917. The van der Waals surface area contributed by atoms with Gasteiger partial charge in [0.2, 0.25) is 5.89 Å². The summed E-state index contributed by atoms with van der Waals surface area (Å²) in [4.78, 5) is 4.37. The van der Waals surface area contributed by atoms with E-state index in [0.717, 1.165) is 16.6 Å². The second-order valence-corrected chi connectivity index (χ2v) is 9.91. The number of rotatable bonds is 4. The Morgan fingerprint density at radius 1 is 1.19 bits per heavy atom. The number of benzene rings is 1. The van der Waals surface area contributed by atoms with Crippen molar-refractivity contribution in [3.8, 4) is 11.5 Å². The van der Waals surface area contributed by atoms with Gasteiger partial charge in [-0.05, 0) is 12.1 Å². The molecule has 0 saturated carbocycles. The molecule has 0 unspecified atom stereocenters. The lowest BCUT2D eigenvalue weighted by atomic mass is 9.94. The average Bonchev–Trinajstić information content (AvgIpc) is 2.96. The van der Waals surface area contributed by atoms with Crippen molar-refractivity contribution in [2.75, 3.05) is 12.3 Å². The van der Waals surface area contributed by atoms with Gasteiger partial charge >= 0.3 is 0 Å². The van der Waals surface area contributed by atoms with Gasteiger partial charge in [0, 0.05) is 28.6 Å². The topological polar surface area (TPSA) is 43.1 Å². The minimum Gasteiger partial charge on any atom is -0.441 e. The number of oxazole rings is 1. The molecule has 0 fully saturated rings. The van der Waals surface area contributed by atoms with Gasteiger partial charge in [-0.3, -0.25) is 0 Å². The van der Waals surface area contributed by atoms with E-state index in [9.17, 15) is 4.57 Å². The quantitative estimate of drug-likeness (QED) is 0.771. The van der Waals surface area contributed by atoms with E-state index < -0.39 is 7.14 Å². The Hall–Kier alpha value is -1.34. The monoisotopic (exact) mass is 305 g/mol. The fraction of sp³-hybridized carbons (Fsp3) is 0.471. The molecule has 0 saturated heterocycles. The lowest BCUT2D eigenvalue weighted by molar-refractivity contribution is 0.416. The van der Waals surface area contributed by atoms with Crippen LogP contribution in [0.2, 0.25) is 0 Å². The van der Waals surface area contributed by atoms with E-state index in [1.54, 1.807) is 6.20 Å². The first-order valence-corrected chi connectivity index (χ1v) is 9.53. The summed E-state index contributed by atoms with van der Waals surface area (Å²) in [5.74, 6) is 1.46. The highest BCUT2D eigenvalue weighted by Gasteiger charge is 2.22. The van der Waals surface area contributed by atoms with E-state index in [0.29, 0.717) is 18.2 Å². The summed E-state index contributed by atoms with van der Waals surface area (Å²) < 4.78 is 18.7. The highest BCUT2D eigenvalue weighted by molar-refractivity contribution is 7.71. The van der Waals surface area contributed by atoms with Crippen LogP contribution in [0.3, 0.4) is 0 Å². The first-order valence-electron chi connectivity index (χ1n) is 7.45. The molecule has 0 amide bonds. The zero-order valence-corrected chi connectivity index (χ0v) is 14.4. The van der Waals surface area contributed by atoms with Gasteiger partial charge in [0.15, 0.2) is 0 Å². The molecule has 0 N–H and O–H groups in total. The molecule has 3 nitrogen and oxygen atoms in total. The number of hydrogen-bond donors (Lipinski definition) is 0. The molecule has 4 heteroatoms. The van der Waals surface area contributed by atoms with Gasteiger partial charge in [-0.15, -0.1) is 0 Å². The van der Waals surface area contributed by atoms with Crippen LogP contribution in [0.4, 0.5) is 0 Å². The van der Waals surface area contributed by atoms with Gasteiger partial charge in [0.05, 0.1) is 6.20 Å². The number of nitrogens with zero attached hydrogens (tertiary/aromatic N) is 1. The van der Waals surface area contributed by atoms with E-state index >= 15 is 0 Å². The highest BCUT2D eigenvalue weighted by Crippen LogP contribution is 2.43. The normalized spacial score (nSPS) is 12.6. The maximum atomic E-state index is 12.8. The molecule has 0 atom stereocenters. The molecule has 1 heterocycles. The van der Waals surface area contributed by atoms with Crippen LogP contribution in [0.5, 0.6) is 0 Å². The van der Waals surface area contributed by atoms with Crippen LogP contribution in [-0.2, 0) is 9.98 Å². The first-order chi connectivity index (χ1) is 9.80. The molecule has 2 rings (SSSR count). The molecule has 0 spiro atoms. The predicted molar refractivity (Wildman–Crippen MR) is 89.0 cm³/mol. The van der Waals surface area contributed by atoms with Gasteiger partial charge in [-0.1, -0.05) is 46.8 Å². The van der Waals surface area contributed by atoms with Crippen molar-refractivity contribution in [2.24, 2.45) is 0 Å². The fourth-order valence-electron chi connectivity index (χ4n) is 2.24. The van der Waals surface area contributed by atoms with Gasteiger partial charge in [0.1, 0.15) is 12.9 Å². The Labute approximate surface area is 127 Å². The van der Waals surface area contributed by atoms with Crippen molar-refractivity contribution in [3.05, 3.63) is 36.2 Å². The fourth-order valence-corrected chi connectivity index (χ4v) is 4.15. The Morgan fingerprint density at radius 3 is 2.38 bits per heavy atom. The molecule has 0 radical (unpaired) electrons. The van der Waals surface area contributed by atoms with E-state index in [4.69, 9.17) is 4.42 Å². The minimum atomic E-state index is -2.28. The number of hydrogen-bond acceptors (Lipinski definition) is 3. The van der Waals surface area contributed by atoms with Crippen molar-refractivity contribution >= 4 is 12.4 Å². The van der Waals surface area contributed by atoms with Crippen molar-refractivity contribution in [2.45, 2.75) is 40.0 Å². The Kier molecular flexibility index (Phi) is 4.43. The van der Waals surface area contributed by atoms with Crippen molar-refractivity contribution in [1.82, 2.24) is 4.98 Å². The molecule has 1 aromatic carbocycles. The SMILES string of the molecule is CCP(=O)(CC)c1cccc(-c2ncc(C(C)(C)C)o2)c1. The second kappa shape index (κ2) is 5.81. The molecular formula is C17H24NO2P. The van der Waals surface area contributed by atoms with E-state index in [1.165, 1.54) is 0 Å². The van der Waals surface area contributed by atoms with Crippen LogP contribution in [0.15, 0.2) is 34.9 Å². The van der Waals surface area contributed by atoms with Crippen LogP contribution < -0.4 is 5.30 Å². The Bertz CT molecular complexity index is 659. The summed E-state index contributed by atoms with van der Waals surface area (Å²) in [6, 6.07) is 7.80. The minimum absolute atomic E-state index is 0.0645. The predicted octanol–water partition coefficient (Wildman–Crippen LogP) is 4.67. The molecule has 1 aromatic heterocycles. The Balaban J connectivity index is 2.43. The summed E-state index contributed by atoms with van der Waals surface area (Å²) in [6.45, 7) is 10.3. The van der Waals surface area contributed by atoms with Crippen molar-refractivity contribution in [1.29, 1.82) is 0 Å². The van der Waals surface area contributed by atoms with Crippen LogP contribution in [0.1, 0.15) is 40.4 Å². The van der Waals surface area contributed by atoms with Gasteiger partial charge in [-0.25, -0.2) is 4.98 Å². The van der Waals surface area contributed by atoms with E-state index in [-0.39, 0.29) is 5.41 Å². The van der Waals surface area contributed by atoms with E-state index in [1.807, 2.05) is 38.1 Å². The first kappa shape index (κ1) is 16.0. The standard InChI is InChI=1S/C17H24NO2P/c1-6-21(19,7-2)14-10-8-9-13(11-14)16-18-12-15(20-16)17(3,4)5/h8-12H,6-7H2,1-5H3. The third-order valence-electron chi connectivity index (χ3n) is 3.83. The molecular weight excluding hydrogens is 281 g/mol. The van der Waals surface area contributed by atoms with Crippen LogP contribution in [0.25, 0.3) is 11.5 Å². The summed E-state index contributed by atoms with van der Waals surface area (Å²) >= 11 is 0. The zero-order chi connectivity index (χ0) is 15.7. The number of aromatic nitrogens is 1. The maximum absolute atomic E-state index is 12.8. The van der Waals surface area contributed by atoms with Crippen LogP contribution >= 0.6 is 7.14 Å². The van der Waals surface area contributed by atoms with Crippen LogP contribution in [-0.4, -0.2) is 17.3 Å². The van der Waals surface area contributed by atoms with E-state index in [2.05, 4.69) is 25.8 Å². The molecule has 114 valence electrons. The average molecular weight is 305 g/mol. The lowest BCUT2D eigenvalue weighted by Gasteiger charge is -2.15. The largest absolute Gasteiger partial charge is 0.441 e. The smallest absolute Gasteiger partial charge is 0.226 e. The summed E-state index contributed by atoms with van der Waals surface area (Å²) in [6.07, 6.45) is 3.15. The van der Waals surface area contributed by atoms with Crippen molar-refractivity contribution < 1.29 is 8.98 Å². The molecule has 21 heavy (non-hydrogen) atoms. The molecule has 0 bridgehead atoms. The van der Waals surface area contributed by atoms with Crippen molar-refractivity contribution in [3.63, 3.8) is 0 Å². The highest BCUT2D eigenvalue weighted by atomic mass is 31.2. The summed E-state index contributed by atoms with van der Waals surface area (Å²) in [7, 11) is -2.28. The molecule has 2 aromatic rings. The third kappa shape index (κ3) is 3.29. The van der Waals surface area contributed by atoms with Gasteiger partial charge < -0.3 is 8.98 Å². The lowest BCUT2D eigenvalue weighted by Crippen LogP contribution is -2.09. The molecule has 0 aliphatic rings. The van der Waals surface area contributed by atoms with Gasteiger partial charge in [0.25, 0.3) is 0 Å². The summed E-state index contributed by atoms with van der Waals surface area (Å²) in [5.41, 5.74) is 0.829.